The van der Waals surface area contributed by atoms with E-state index in [9.17, 15) is 9.18 Å². The molecule has 1 amide bonds. The number of aryl methyl sites for hydroxylation is 1. The first-order valence-corrected chi connectivity index (χ1v) is 9.71. The molecule has 29 heavy (non-hydrogen) atoms. The highest BCUT2D eigenvalue weighted by Gasteiger charge is 2.15. The molecule has 4 aromatic rings. The van der Waals surface area contributed by atoms with Gasteiger partial charge in [0, 0.05) is 29.7 Å². The number of nitrogens with zero attached hydrogens (tertiary/aromatic N) is 2. The van der Waals surface area contributed by atoms with Gasteiger partial charge in [0.05, 0.1) is 11.4 Å². The monoisotopic (exact) mass is 407 g/mol. The van der Waals surface area contributed by atoms with Crippen molar-refractivity contribution >= 4 is 23.2 Å². The van der Waals surface area contributed by atoms with E-state index in [0.717, 1.165) is 28.2 Å². The summed E-state index contributed by atoms with van der Waals surface area (Å²) in [7, 11) is 0. The lowest BCUT2D eigenvalue weighted by atomic mass is 10.1. The number of aromatic nitrogens is 2. The zero-order valence-electron chi connectivity index (χ0n) is 15.6. The fourth-order valence-corrected chi connectivity index (χ4v) is 3.51. The molecule has 1 N–H and O–H groups in total. The Bertz CT molecular complexity index is 1150. The van der Waals surface area contributed by atoms with Gasteiger partial charge in [-0.2, -0.15) is 0 Å². The van der Waals surface area contributed by atoms with Gasteiger partial charge in [-0.1, -0.05) is 29.8 Å². The molecule has 4 rings (SSSR count). The number of benzene rings is 2. The van der Waals surface area contributed by atoms with Crippen LogP contribution in [0.15, 0.2) is 72.9 Å². The van der Waals surface area contributed by atoms with Crippen LogP contribution in [0.2, 0.25) is 5.02 Å². The number of hydrogen-bond donors (Lipinski definition) is 1. The molecule has 0 bridgehead atoms. The molecule has 0 fully saturated rings. The van der Waals surface area contributed by atoms with Gasteiger partial charge < -0.3 is 9.72 Å². The van der Waals surface area contributed by atoms with Crippen molar-refractivity contribution < 1.29 is 9.18 Å². The Morgan fingerprint density at radius 3 is 2.69 bits per heavy atom. The van der Waals surface area contributed by atoms with Gasteiger partial charge in [0.2, 0.25) is 5.91 Å². The van der Waals surface area contributed by atoms with Crippen LogP contribution in [0, 0.1) is 5.82 Å². The number of fused-ring (bicyclic) bond motifs is 1. The Hall–Kier alpha value is -3.18. The number of carbonyl (C=O) groups excluding carboxylic acids is 1. The lowest BCUT2D eigenvalue weighted by Gasteiger charge is -2.08. The van der Waals surface area contributed by atoms with E-state index < -0.39 is 0 Å². The first kappa shape index (κ1) is 19.2. The number of hydrogen-bond acceptors (Lipinski definition) is 2. The van der Waals surface area contributed by atoms with Crippen molar-refractivity contribution in [2.75, 3.05) is 0 Å². The maximum atomic E-state index is 13.3. The van der Waals surface area contributed by atoms with E-state index in [1.54, 1.807) is 18.2 Å². The number of pyridine rings is 1. The number of carbonyl (C=O) groups is 1. The van der Waals surface area contributed by atoms with Gasteiger partial charge in [-0.25, -0.2) is 9.37 Å². The third kappa shape index (κ3) is 4.46. The average molecular weight is 408 g/mol. The Kier molecular flexibility index (Phi) is 5.58. The summed E-state index contributed by atoms with van der Waals surface area (Å²) in [6, 6.07) is 19.4. The van der Waals surface area contributed by atoms with E-state index in [0.29, 0.717) is 24.4 Å². The maximum Gasteiger partial charge on any atom is 0.220 e. The number of nitrogens with one attached hydrogen (secondary N) is 1. The molecule has 0 spiro atoms. The highest BCUT2D eigenvalue weighted by molar-refractivity contribution is 6.30. The summed E-state index contributed by atoms with van der Waals surface area (Å²) in [5, 5.41) is 3.57. The minimum Gasteiger partial charge on any atom is -0.352 e. The molecule has 146 valence electrons. The Labute approximate surface area is 173 Å². The highest BCUT2D eigenvalue weighted by Crippen LogP contribution is 2.26. The molecule has 0 radical (unpaired) electrons. The largest absolute Gasteiger partial charge is 0.352 e. The fraction of sp³-hybridized carbons (Fsp3) is 0.130. The lowest BCUT2D eigenvalue weighted by Crippen LogP contribution is -2.23. The normalized spacial score (nSPS) is 11.0. The molecule has 2 aromatic heterocycles. The molecule has 6 heteroatoms. The smallest absolute Gasteiger partial charge is 0.220 e. The Morgan fingerprint density at radius 1 is 1.07 bits per heavy atom. The van der Waals surface area contributed by atoms with Crippen molar-refractivity contribution in [3.05, 3.63) is 95.0 Å². The van der Waals surface area contributed by atoms with Gasteiger partial charge in [0.15, 0.2) is 0 Å². The zero-order chi connectivity index (χ0) is 20.2. The van der Waals surface area contributed by atoms with Crippen LogP contribution >= 0.6 is 11.6 Å². The number of amides is 1. The van der Waals surface area contributed by atoms with E-state index in [1.165, 1.54) is 12.1 Å². The second kappa shape index (κ2) is 8.45. The van der Waals surface area contributed by atoms with Crippen LogP contribution in [-0.2, 0) is 17.8 Å². The SMILES string of the molecule is O=C(CCc1c(-c2ccc(F)cc2)nc2ccccn12)NCc1cccc(Cl)c1. The molecular formula is C23H19ClFN3O. The summed E-state index contributed by atoms with van der Waals surface area (Å²) in [5.74, 6) is -0.347. The van der Waals surface area contributed by atoms with Gasteiger partial charge in [0.1, 0.15) is 11.5 Å². The summed E-state index contributed by atoms with van der Waals surface area (Å²) in [5.41, 5.74) is 4.25. The Morgan fingerprint density at radius 2 is 1.90 bits per heavy atom. The second-order valence-electron chi connectivity index (χ2n) is 6.75. The van der Waals surface area contributed by atoms with Crippen LogP contribution in [0.3, 0.4) is 0 Å². The molecule has 0 aliphatic rings. The topological polar surface area (TPSA) is 46.4 Å². The zero-order valence-corrected chi connectivity index (χ0v) is 16.4. The van der Waals surface area contributed by atoms with Crippen LogP contribution in [0.4, 0.5) is 4.39 Å². The second-order valence-corrected chi connectivity index (χ2v) is 7.19. The van der Waals surface area contributed by atoms with Crippen molar-refractivity contribution in [2.45, 2.75) is 19.4 Å². The van der Waals surface area contributed by atoms with E-state index in [4.69, 9.17) is 11.6 Å². The fourth-order valence-electron chi connectivity index (χ4n) is 3.29. The van der Waals surface area contributed by atoms with E-state index in [2.05, 4.69) is 10.3 Å². The van der Waals surface area contributed by atoms with Crippen LogP contribution in [0.5, 0.6) is 0 Å². The standard InChI is InChI=1S/C23H19ClFN3O/c24-18-5-3-4-16(14-18)15-26-22(29)12-11-20-23(17-7-9-19(25)10-8-17)27-21-6-1-2-13-28(20)21/h1-10,13-14H,11-12,15H2,(H,26,29). The molecule has 0 atom stereocenters. The summed E-state index contributed by atoms with van der Waals surface area (Å²) >= 11 is 5.98. The van der Waals surface area contributed by atoms with Crippen molar-refractivity contribution in [3.63, 3.8) is 0 Å². The van der Waals surface area contributed by atoms with E-state index in [-0.39, 0.29) is 11.7 Å². The summed E-state index contributed by atoms with van der Waals surface area (Å²) in [4.78, 5) is 17.1. The van der Waals surface area contributed by atoms with Crippen LogP contribution in [0.25, 0.3) is 16.9 Å². The van der Waals surface area contributed by atoms with Crippen molar-refractivity contribution in [3.8, 4) is 11.3 Å². The van der Waals surface area contributed by atoms with E-state index in [1.807, 2.05) is 47.0 Å². The molecular weight excluding hydrogens is 389 g/mol. The maximum absolute atomic E-state index is 13.3. The molecule has 0 aliphatic carbocycles. The van der Waals surface area contributed by atoms with Gasteiger partial charge in [-0.15, -0.1) is 0 Å². The predicted octanol–water partition coefficient (Wildman–Crippen LogP) is 5.04. The van der Waals surface area contributed by atoms with Gasteiger partial charge in [0.25, 0.3) is 0 Å². The van der Waals surface area contributed by atoms with Crippen molar-refractivity contribution in [2.24, 2.45) is 0 Å². The number of rotatable bonds is 6. The number of halogens is 2. The molecule has 4 nitrogen and oxygen atoms in total. The minimum absolute atomic E-state index is 0.0547. The van der Waals surface area contributed by atoms with Crippen molar-refractivity contribution in [1.29, 1.82) is 0 Å². The van der Waals surface area contributed by atoms with Gasteiger partial charge >= 0.3 is 0 Å². The first-order valence-electron chi connectivity index (χ1n) is 9.33. The minimum atomic E-state index is -0.292. The third-order valence-corrected chi connectivity index (χ3v) is 4.95. The third-order valence-electron chi connectivity index (χ3n) is 4.71. The van der Waals surface area contributed by atoms with Gasteiger partial charge in [-0.05, 0) is 60.5 Å². The summed E-state index contributed by atoms with van der Waals surface area (Å²) in [6.45, 7) is 0.428. The summed E-state index contributed by atoms with van der Waals surface area (Å²) in [6.07, 6.45) is 2.76. The van der Waals surface area contributed by atoms with Crippen LogP contribution < -0.4 is 5.32 Å². The van der Waals surface area contributed by atoms with Gasteiger partial charge in [-0.3, -0.25) is 4.79 Å². The molecule has 0 saturated heterocycles. The molecule has 0 aliphatic heterocycles. The molecule has 0 saturated carbocycles. The lowest BCUT2D eigenvalue weighted by molar-refractivity contribution is -0.121. The summed E-state index contributed by atoms with van der Waals surface area (Å²) < 4.78 is 15.3. The highest BCUT2D eigenvalue weighted by atomic mass is 35.5. The van der Waals surface area contributed by atoms with E-state index >= 15 is 0 Å². The van der Waals surface area contributed by atoms with Crippen LogP contribution in [0.1, 0.15) is 17.7 Å². The molecule has 0 unspecified atom stereocenters. The Balaban J connectivity index is 1.51. The van der Waals surface area contributed by atoms with Crippen LogP contribution in [-0.4, -0.2) is 15.3 Å². The molecule has 2 aromatic carbocycles. The predicted molar refractivity (Wildman–Crippen MR) is 112 cm³/mol. The quantitative estimate of drug-likeness (QED) is 0.486. The number of imidazole rings is 1. The average Bonchev–Trinajstić information content (AvgIpc) is 3.10. The molecule has 2 heterocycles. The first-order chi connectivity index (χ1) is 14.1. The van der Waals surface area contributed by atoms with Crippen molar-refractivity contribution in [1.82, 2.24) is 14.7 Å².